The van der Waals surface area contributed by atoms with Crippen LogP contribution in [0.4, 0.5) is 39.5 Å². The minimum absolute atomic E-state index is 0.0389. The summed E-state index contributed by atoms with van der Waals surface area (Å²) in [6, 6.07) is 0.585. The van der Waals surface area contributed by atoms with Crippen LogP contribution < -0.4 is 4.74 Å². The van der Waals surface area contributed by atoms with Crippen molar-refractivity contribution in [3.05, 3.63) is 64.2 Å². The molecule has 2 rings (SSSR count). The Labute approximate surface area is 132 Å². The molecular weight excluding hydrogens is 371 g/mol. The summed E-state index contributed by atoms with van der Waals surface area (Å²) in [6.07, 6.45) is -5.08. The van der Waals surface area contributed by atoms with E-state index in [1.165, 1.54) is 0 Å². The van der Waals surface area contributed by atoms with Gasteiger partial charge in [-0.15, -0.1) is 0 Å². The molecule has 0 aliphatic heterocycles. The summed E-state index contributed by atoms with van der Waals surface area (Å²) in [6.45, 7) is 0. The molecule has 11 heteroatoms. The lowest BCUT2D eigenvalue weighted by atomic mass is 10.1. The van der Waals surface area contributed by atoms with Crippen molar-refractivity contribution in [1.29, 1.82) is 0 Å². The maximum Gasteiger partial charge on any atom is 0.419 e. The first-order valence-electron chi connectivity index (χ1n) is 6.05. The van der Waals surface area contributed by atoms with Crippen molar-refractivity contribution < 1.29 is 49.0 Å². The van der Waals surface area contributed by atoms with Crippen molar-refractivity contribution in [3.63, 3.8) is 0 Å². The smallest absolute Gasteiger partial charge is 0.416 e. The van der Waals surface area contributed by atoms with Crippen LogP contribution in [-0.4, -0.2) is 5.97 Å². The number of esters is 1. The highest BCUT2D eigenvalue weighted by molar-refractivity contribution is 5.91. The maximum atomic E-state index is 13.4. The Morgan fingerprint density at radius 1 is 0.800 bits per heavy atom. The average Bonchev–Trinajstić information content (AvgIpc) is 2.53. The van der Waals surface area contributed by atoms with Gasteiger partial charge in [0.1, 0.15) is 5.82 Å². The third-order valence-corrected chi connectivity index (χ3v) is 2.87. The van der Waals surface area contributed by atoms with Gasteiger partial charge in [0.25, 0.3) is 0 Å². The highest BCUT2D eigenvalue weighted by Crippen LogP contribution is 2.33. The molecule has 0 heterocycles. The molecule has 25 heavy (non-hydrogen) atoms. The third-order valence-electron chi connectivity index (χ3n) is 2.87. The zero-order chi connectivity index (χ0) is 19.1. The lowest BCUT2D eigenvalue weighted by Gasteiger charge is -2.11. The van der Waals surface area contributed by atoms with Crippen LogP contribution in [0.5, 0.6) is 5.75 Å². The van der Waals surface area contributed by atoms with Gasteiger partial charge in [-0.2, -0.15) is 22.0 Å². The summed E-state index contributed by atoms with van der Waals surface area (Å²) in [4.78, 5) is 11.6. The fourth-order valence-electron chi connectivity index (χ4n) is 1.70. The van der Waals surface area contributed by atoms with E-state index >= 15 is 0 Å². The number of carbonyl (C=O) groups excluding carboxylic acids is 1. The third kappa shape index (κ3) is 3.39. The van der Waals surface area contributed by atoms with Gasteiger partial charge in [-0.3, -0.25) is 0 Å². The fourth-order valence-corrected chi connectivity index (χ4v) is 1.70. The summed E-state index contributed by atoms with van der Waals surface area (Å²) < 4.78 is 120. The van der Waals surface area contributed by atoms with Gasteiger partial charge in [0.15, 0.2) is 0 Å². The summed E-state index contributed by atoms with van der Waals surface area (Å²) in [5, 5.41) is 0. The van der Waals surface area contributed by atoms with Crippen molar-refractivity contribution >= 4 is 5.97 Å². The Kier molecular flexibility index (Phi) is 4.69. The van der Waals surface area contributed by atoms with Crippen LogP contribution in [0.2, 0.25) is 0 Å². The van der Waals surface area contributed by atoms with Crippen LogP contribution in [-0.2, 0) is 6.18 Å². The molecule has 0 amide bonds. The van der Waals surface area contributed by atoms with Gasteiger partial charge in [-0.05, 0) is 18.2 Å². The maximum absolute atomic E-state index is 13.4. The quantitative estimate of drug-likeness (QED) is 0.249. The van der Waals surface area contributed by atoms with Gasteiger partial charge in [0.2, 0.25) is 34.8 Å². The van der Waals surface area contributed by atoms with E-state index in [-0.39, 0.29) is 12.1 Å². The number of alkyl halides is 3. The van der Waals surface area contributed by atoms with Gasteiger partial charge in [0.05, 0.1) is 11.1 Å². The van der Waals surface area contributed by atoms with Crippen molar-refractivity contribution in [2.75, 3.05) is 0 Å². The zero-order valence-electron chi connectivity index (χ0n) is 11.5. The molecule has 0 aromatic heterocycles. The SMILES string of the molecule is O=C(Oc1c(F)c(F)c(F)c(F)c1F)c1ccc(C(F)(F)F)c(F)c1. The highest BCUT2D eigenvalue weighted by Gasteiger charge is 2.35. The Bertz CT molecular complexity index is 829. The molecule has 0 spiro atoms. The highest BCUT2D eigenvalue weighted by atomic mass is 19.4. The van der Waals surface area contributed by atoms with Crippen LogP contribution in [0.25, 0.3) is 0 Å². The van der Waals surface area contributed by atoms with E-state index in [9.17, 15) is 44.3 Å². The van der Waals surface area contributed by atoms with Crippen LogP contribution in [0.1, 0.15) is 15.9 Å². The van der Waals surface area contributed by atoms with Gasteiger partial charge in [0, 0.05) is 0 Å². The van der Waals surface area contributed by atoms with Crippen molar-refractivity contribution in [3.8, 4) is 5.75 Å². The van der Waals surface area contributed by atoms with E-state index in [0.717, 1.165) is 0 Å². The first-order chi connectivity index (χ1) is 11.4. The predicted octanol–water partition coefficient (Wildman–Crippen LogP) is 4.76. The first kappa shape index (κ1) is 18.6. The first-order valence-corrected chi connectivity index (χ1v) is 6.05. The molecule has 2 nitrogen and oxygen atoms in total. The molecule has 0 saturated carbocycles. The monoisotopic (exact) mass is 374 g/mol. The van der Waals surface area contributed by atoms with E-state index in [0.29, 0.717) is 6.07 Å². The molecule has 134 valence electrons. The average molecular weight is 374 g/mol. The zero-order valence-corrected chi connectivity index (χ0v) is 11.5. The molecule has 2 aromatic carbocycles. The fraction of sp³-hybridized carbons (Fsp3) is 0.0714. The molecular formula is C14H3F9O2. The summed E-state index contributed by atoms with van der Waals surface area (Å²) in [5.74, 6) is -18.0. The van der Waals surface area contributed by atoms with E-state index in [4.69, 9.17) is 0 Å². The van der Waals surface area contributed by atoms with Gasteiger partial charge in [-0.1, -0.05) is 0 Å². The van der Waals surface area contributed by atoms with Crippen LogP contribution in [0.15, 0.2) is 18.2 Å². The topological polar surface area (TPSA) is 26.3 Å². The number of carbonyl (C=O) groups is 1. The lowest BCUT2D eigenvalue weighted by Crippen LogP contribution is -2.15. The standard InChI is InChI=1S/C14H3F9O2/c15-6-3-4(1-2-5(6)14(21,22)23)13(24)25-12-10(19)8(17)7(16)9(18)11(12)20/h1-3H. The van der Waals surface area contributed by atoms with Crippen molar-refractivity contribution in [1.82, 2.24) is 0 Å². The molecule has 2 aromatic rings. The molecule has 0 saturated heterocycles. The van der Waals surface area contributed by atoms with Gasteiger partial charge in [-0.25, -0.2) is 22.4 Å². The minimum Gasteiger partial charge on any atom is -0.416 e. The van der Waals surface area contributed by atoms with Gasteiger partial charge >= 0.3 is 12.1 Å². The molecule has 0 atom stereocenters. The molecule has 0 fully saturated rings. The van der Waals surface area contributed by atoms with Crippen LogP contribution >= 0.6 is 0 Å². The molecule has 0 unspecified atom stereocenters. The van der Waals surface area contributed by atoms with Crippen LogP contribution in [0.3, 0.4) is 0 Å². The van der Waals surface area contributed by atoms with E-state index in [1.54, 1.807) is 0 Å². The van der Waals surface area contributed by atoms with Crippen molar-refractivity contribution in [2.24, 2.45) is 0 Å². The number of rotatable bonds is 2. The van der Waals surface area contributed by atoms with E-state index in [1.807, 2.05) is 0 Å². The predicted molar refractivity (Wildman–Crippen MR) is 62.6 cm³/mol. The molecule has 0 radical (unpaired) electrons. The summed E-state index contributed by atoms with van der Waals surface area (Å²) >= 11 is 0. The number of halogens is 9. The second-order valence-corrected chi connectivity index (χ2v) is 4.48. The summed E-state index contributed by atoms with van der Waals surface area (Å²) in [5.41, 5.74) is -2.69. The normalized spacial score (nSPS) is 11.6. The number of hydrogen-bond donors (Lipinski definition) is 0. The summed E-state index contributed by atoms with van der Waals surface area (Å²) in [7, 11) is 0. The Hall–Kier alpha value is -2.72. The van der Waals surface area contributed by atoms with Crippen LogP contribution in [0, 0.1) is 34.9 Å². The largest absolute Gasteiger partial charge is 0.419 e. The van der Waals surface area contributed by atoms with Crippen molar-refractivity contribution in [2.45, 2.75) is 6.18 Å². The number of hydrogen-bond acceptors (Lipinski definition) is 2. The second-order valence-electron chi connectivity index (χ2n) is 4.48. The van der Waals surface area contributed by atoms with Gasteiger partial charge < -0.3 is 4.74 Å². The number of ether oxygens (including phenoxy) is 1. The lowest BCUT2D eigenvalue weighted by molar-refractivity contribution is -0.140. The van der Waals surface area contributed by atoms with E-state index in [2.05, 4.69) is 4.74 Å². The molecule has 0 aliphatic rings. The molecule has 0 N–H and O–H groups in total. The number of benzene rings is 2. The minimum atomic E-state index is -5.08. The second kappa shape index (κ2) is 6.30. The molecule has 0 aliphatic carbocycles. The Morgan fingerprint density at radius 3 is 1.72 bits per heavy atom. The molecule has 0 bridgehead atoms. The Balaban J connectivity index is 2.40. The Morgan fingerprint density at radius 2 is 1.28 bits per heavy atom. The van der Waals surface area contributed by atoms with E-state index < -0.39 is 63.9 Å².